The van der Waals surface area contributed by atoms with Crippen molar-refractivity contribution in [3.63, 3.8) is 0 Å². The first-order valence-corrected chi connectivity index (χ1v) is 19.8. The minimum absolute atomic E-state index is 0.631. The normalized spacial score (nSPS) is 11.7. The van der Waals surface area contributed by atoms with Gasteiger partial charge in [0.1, 0.15) is 0 Å². The lowest BCUT2D eigenvalue weighted by atomic mass is 9.87. The van der Waals surface area contributed by atoms with E-state index < -0.39 is 0 Å². The molecule has 0 N–H and O–H groups in total. The van der Waals surface area contributed by atoms with Crippen molar-refractivity contribution < 1.29 is 0 Å². The number of para-hydroxylation sites is 1. The van der Waals surface area contributed by atoms with E-state index in [-0.39, 0.29) is 0 Å². The van der Waals surface area contributed by atoms with Crippen molar-refractivity contribution in [2.45, 2.75) is 0 Å². The fourth-order valence-electron chi connectivity index (χ4n) is 9.23. The van der Waals surface area contributed by atoms with Crippen molar-refractivity contribution in [2.75, 3.05) is 0 Å². The van der Waals surface area contributed by atoms with E-state index in [1.807, 2.05) is 72.8 Å². The van der Waals surface area contributed by atoms with Crippen molar-refractivity contribution in [3.8, 4) is 57.0 Å². The SMILES string of the molecule is N#Cc1ccc2c3c1ccc1c(-c4cc5c6ccccc6c(-c6nc(-c7ccccc7)nc(-c7ccccc7)n6)cc5c5ccccc45)ccc(c13)n2-c1ccccc1. The molecule has 12 aromatic rings. The minimum atomic E-state index is 0.631. The summed E-state index contributed by atoms with van der Waals surface area (Å²) in [5.41, 5.74) is 9.12. The molecule has 272 valence electrons. The van der Waals surface area contributed by atoms with Crippen LogP contribution in [0.4, 0.5) is 0 Å². The van der Waals surface area contributed by atoms with E-state index in [1.165, 1.54) is 5.39 Å². The summed E-state index contributed by atoms with van der Waals surface area (Å²) < 4.78 is 2.33. The molecular formula is C54H31N5. The van der Waals surface area contributed by atoms with Crippen molar-refractivity contribution in [1.29, 1.82) is 5.26 Å². The van der Waals surface area contributed by atoms with Gasteiger partial charge in [-0.2, -0.15) is 5.26 Å². The molecule has 0 unspecified atom stereocenters. The van der Waals surface area contributed by atoms with Crippen LogP contribution in [0.25, 0.3) is 116 Å². The molecule has 5 heteroatoms. The second kappa shape index (κ2) is 12.9. The number of aromatic nitrogens is 4. The van der Waals surface area contributed by atoms with Crippen molar-refractivity contribution in [1.82, 2.24) is 19.5 Å². The maximum Gasteiger partial charge on any atom is 0.164 e. The number of benzene rings is 10. The number of hydrogen-bond acceptors (Lipinski definition) is 4. The van der Waals surface area contributed by atoms with Gasteiger partial charge in [-0.15, -0.1) is 0 Å². The van der Waals surface area contributed by atoms with Crippen LogP contribution in [0.15, 0.2) is 188 Å². The Morgan fingerprint density at radius 1 is 0.356 bits per heavy atom. The summed E-state index contributed by atoms with van der Waals surface area (Å²) >= 11 is 0. The number of nitriles is 1. The Hall–Kier alpha value is -8.20. The number of hydrogen-bond donors (Lipinski definition) is 0. The quantitative estimate of drug-likeness (QED) is 0.164. The Balaban J connectivity index is 1.15. The number of nitrogens with zero attached hydrogens (tertiary/aromatic N) is 5. The van der Waals surface area contributed by atoms with Crippen LogP contribution >= 0.6 is 0 Å². The van der Waals surface area contributed by atoms with Gasteiger partial charge >= 0.3 is 0 Å². The third-order valence-electron chi connectivity index (χ3n) is 11.8. The molecule has 0 saturated carbocycles. The average Bonchev–Trinajstić information content (AvgIpc) is 3.66. The zero-order valence-corrected chi connectivity index (χ0v) is 31.6. The summed E-state index contributed by atoms with van der Waals surface area (Å²) in [5.74, 6) is 1.90. The van der Waals surface area contributed by atoms with E-state index in [0.717, 1.165) is 93.0 Å². The maximum atomic E-state index is 10.2. The summed E-state index contributed by atoms with van der Waals surface area (Å²) in [6, 6.07) is 68.1. The van der Waals surface area contributed by atoms with Gasteiger partial charge in [-0.3, -0.25) is 0 Å². The van der Waals surface area contributed by atoms with Gasteiger partial charge in [0.05, 0.1) is 22.7 Å². The first-order chi connectivity index (χ1) is 29.2. The van der Waals surface area contributed by atoms with Crippen molar-refractivity contribution >= 4 is 64.9 Å². The molecule has 0 aliphatic rings. The molecule has 0 bridgehead atoms. The molecule has 2 aromatic heterocycles. The second-order valence-corrected chi connectivity index (χ2v) is 15.0. The molecule has 10 aromatic carbocycles. The minimum Gasteiger partial charge on any atom is -0.309 e. The van der Waals surface area contributed by atoms with E-state index in [2.05, 4.69) is 126 Å². The molecule has 0 amide bonds. The van der Waals surface area contributed by atoms with Gasteiger partial charge in [0, 0.05) is 38.5 Å². The molecule has 0 radical (unpaired) electrons. The Morgan fingerprint density at radius 3 is 1.44 bits per heavy atom. The molecule has 59 heavy (non-hydrogen) atoms. The Kier molecular flexibility index (Phi) is 7.22. The third-order valence-corrected chi connectivity index (χ3v) is 11.8. The Morgan fingerprint density at radius 2 is 0.831 bits per heavy atom. The summed E-state index contributed by atoms with van der Waals surface area (Å²) in [6.07, 6.45) is 0. The lowest BCUT2D eigenvalue weighted by Crippen LogP contribution is -2.00. The van der Waals surface area contributed by atoms with Gasteiger partial charge in [-0.25, -0.2) is 15.0 Å². The van der Waals surface area contributed by atoms with Crippen LogP contribution in [-0.4, -0.2) is 19.5 Å². The lowest BCUT2D eigenvalue weighted by Gasteiger charge is -2.17. The molecule has 0 atom stereocenters. The molecule has 0 fully saturated rings. The van der Waals surface area contributed by atoms with Crippen LogP contribution in [-0.2, 0) is 0 Å². The number of rotatable bonds is 5. The van der Waals surface area contributed by atoms with Crippen LogP contribution in [0.1, 0.15) is 5.56 Å². The van der Waals surface area contributed by atoms with Crippen LogP contribution in [0.2, 0.25) is 0 Å². The van der Waals surface area contributed by atoms with Crippen LogP contribution in [0, 0.1) is 11.3 Å². The molecule has 5 nitrogen and oxygen atoms in total. The van der Waals surface area contributed by atoms with Crippen molar-refractivity contribution in [3.05, 3.63) is 194 Å². The van der Waals surface area contributed by atoms with Gasteiger partial charge in [0.25, 0.3) is 0 Å². The topological polar surface area (TPSA) is 67.4 Å². The Labute approximate surface area is 339 Å². The second-order valence-electron chi connectivity index (χ2n) is 15.0. The zero-order valence-electron chi connectivity index (χ0n) is 31.6. The van der Waals surface area contributed by atoms with Crippen LogP contribution in [0.3, 0.4) is 0 Å². The Bertz CT molecular complexity index is 3600. The van der Waals surface area contributed by atoms with Gasteiger partial charge in [0.2, 0.25) is 0 Å². The lowest BCUT2D eigenvalue weighted by molar-refractivity contribution is 1.08. The molecule has 0 spiro atoms. The van der Waals surface area contributed by atoms with Crippen LogP contribution < -0.4 is 0 Å². The van der Waals surface area contributed by atoms with E-state index in [9.17, 15) is 5.26 Å². The fourth-order valence-corrected chi connectivity index (χ4v) is 9.23. The van der Waals surface area contributed by atoms with E-state index in [4.69, 9.17) is 15.0 Å². The zero-order chi connectivity index (χ0) is 39.0. The van der Waals surface area contributed by atoms with E-state index in [0.29, 0.717) is 23.0 Å². The van der Waals surface area contributed by atoms with E-state index in [1.54, 1.807) is 0 Å². The standard InChI is InChI=1S/C54H31N5/c55-32-35-24-28-48-50-37(35)25-26-43-42(27-29-49(51(43)50)59(48)36-18-8-3-9-19-36)44-30-45-40-22-12-13-23-41(40)47(31-46(45)39-21-11-10-20-38(39)44)54-57-52(33-14-4-1-5-15-33)56-53(58-54)34-16-6-2-7-17-34/h1-31H. The molecule has 0 aliphatic heterocycles. The predicted octanol–water partition coefficient (Wildman–Crippen LogP) is 13.6. The third kappa shape index (κ3) is 5.00. The average molecular weight is 750 g/mol. The van der Waals surface area contributed by atoms with E-state index >= 15 is 0 Å². The molecular weight excluding hydrogens is 719 g/mol. The monoisotopic (exact) mass is 749 g/mol. The highest BCUT2D eigenvalue weighted by Gasteiger charge is 2.23. The summed E-state index contributed by atoms with van der Waals surface area (Å²) in [7, 11) is 0. The molecule has 0 saturated heterocycles. The number of fused-ring (bicyclic) bond motifs is 5. The summed E-state index contributed by atoms with van der Waals surface area (Å²) in [6.45, 7) is 0. The van der Waals surface area contributed by atoms with Crippen molar-refractivity contribution in [2.24, 2.45) is 0 Å². The highest BCUT2D eigenvalue weighted by Crippen LogP contribution is 2.47. The van der Waals surface area contributed by atoms with Gasteiger partial charge < -0.3 is 4.57 Å². The largest absolute Gasteiger partial charge is 0.309 e. The van der Waals surface area contributed by atoms with Crippen LogP contribution in [0.5, 0.6) is 0 Å². The first kappa shape index (κ1) is 33.0. The molecule has 12 rings (SSSR count). The van der Waals surface area contributed by atoms with Gasteiger partial charge in [0.15, 0.2) is 17.5 Å². The van der Waals surface area contributed by atoms with Gasteiger partial charge in [-0.05, 0) is 91.3 Å². The molecule has 0 aliphatic carbocycles. The highest BCUT2D eigenvalue weighted by molar-refractivity contribution is 6.30. The summed E-state index contributed by atoms with van der Waals surface area (Å²) in [5, 5.41) is 21.4. The first-order valence-electron chi connectivity index (χ1n) is 19.8. The highest BCUT2D eigenvalue weighted by atomic mass is 15.0. The summed E-state index contributed by atoms with van der Waals surface area (Å²) in [4.78, 5) is 15.3. The van der Waals surface area contributed by atoms with Gasteiger partial charge in [-0.1, -0.05) is 146 Å². The molecule has 2 heterocycles. The fraction of sp³-hybridized carbons (Fsp3) is 0. The maximum absolute atomic E-state index is 10.2. The predicted molar refractivity (Wildman–Crippen MR) is 242 cm³/mol. The smallest absolute Gasteiger partial charge is 0.164 e.